The zero-order valence-corrected chi connectivity index (χ0v) is 10.3. The van der Waals surface area contributed by atoms with Crippen LogP contribution in [0.25, 0.3) is 11.1 Å². The van der Waals surface area contributed by atoms with Crippen LogP contribution in [-0.4, -0.2) is 6.36 Å². The van der Waals surface area contributed by atoms with E-state index >= 15 is 0 Å². The van der Waals surface area contributed by atoms with Crippen LogP contribution in [0.15, 0.2) is 48.5 Å². The molecule has 2 rings (SSSR count). The van der Waals surface area contributed by atoms with Gasteiger partial charge in [0.2, 0.25) is 0 Å². The van der Waals surface area contributed by atoms with Crippen LogP contribution in [-0.2, 0) is 6.18 Å². The Morgan fingerprint density at radius 1 is 0.714 bits per heavy atom. The van der Waals surface area contributed by atoms with E-state index in [-0.39, 0.29) is 11.1 Å². The van der Waals surface area contributed by atoms with Crippen molar-refractivity contribution in [3.8, 4) is 16.9 Å². The summed E-state index contributed by atoms with van der Waals surface area (Å²) in [6.45, 7) is 0. The standard InChI is InChI=1S/C14H8F6O/c15-13(16,17)10-7-5-9(6-8-10)11-3-1-2-4-12(11)21-14(18,19)20/h1-8H. The molecule has 0 atom stereocenters. The summed E-state index contributed by atoms with van der Waals surface area (Å²) in [4.78, 5) is 0. The van der Waals surface area contributed by atoms with Gasteiger partial charge in [0.05, 0.1) is 5.56 Å². The summed E-state index contributed by atoms with van der Waals surface area (Å²) in [5.74, 6) is -0.468. The van der Waals surface area contributed by atoms with Crippen LogP contribution in [0.5, 0.6) is 5.75 Å². The lowest BCUT2D eigenvalue weighted by molar-refractivity contribution is -0.274. The quantitative estimate of drug-likeness (QED) is 0.687. The number of ether oxygens (including phenoxy) is 1. The van der Waals surface area contributed by atoms with Crippen molar-refractivity contribution in [2.75, 3.05) is 0 Å². The van der Waals surface area contributed by atoms with Gasteiger partial charge in [0, 0.05) is 5.56 Å². The van der Waals surface area contributed by atoms with E-state index in [1.165, 1.54) is 18.2 Å². The summed E-state index contributed by atoms with van der Waals surface area (Å²) in [6, 6.07) is 9.05. The van der Waals surface area contributed by atoms with Gasteiger partial charge in [0.15, 0.2) is 0 Å². The van der Waals surface area contributed by atoms with Gasteiger partial charge in [-0.2, -0.15) is 13.2 Å². The predicted octanol–water partition coefficient (Wildman–Crippen LogP) is 5.27. The summed E-state index contributed by atoms with van der Waals surface area (Å²) < 4.78 is 78.1. The summed E-state index contributed by atoms with van der Waals surface area (Å²) >= 11 is 0. The lowest BCUT2D eigenvalue weighted by atomic mass is 10.0. The van der Waals surface area contributed by atoms with Gasteiger partial charge in [0.25, 0.3) is 0 Å². The van der Waals surface area contributed by atoms with E-state index in [1.807, 2.05) is 0 Å². The molecule has 0 heterocycles. The number of para-hydroxylation sites is 1. The van der Waals surface area contributed by atoms with Crippen molar-refractivity contribution in [2.24, 2.45) is 0 Å². The smallest absolute Gasteiger partial charge is 0.405 e. The minimum atomic E-state index is -4.87. The van der Waals surface area contributed by atoms with Gasteiger partial charge in [-0.3, -0.25) is 0 Å². The first kappa shape index (κ1) is 15.2. The molecule has 0 aliphatic carbocycles. The number of rotatable bonds is 2. The van der Waals surface area contributed by atoms with Crippen LogP contribution in [0.4, 0.5) is 26.3 Å². The SMILES string of the molecule is FC(F)(F)Oc1ccccc1-c1ccc(C(F)(F)F)cc1. The highest BCUT2D eigenvalue weighted by Gasteiger charge is 2.32. The van der Waals surface area contributed by atoms with Gasteiger partial charge in [-0.1, -0.05) is 30.3 Å². The van der Waals surface area contributed by atoms with Crippen LogP contribution in [0, 0.1) is 0 Å². The highest BCUT2D eigenvalue weighted by Crippen LogP contribution is 2.35. The van der Waals surface area contributed by atoms with Crippen molar-refractivity contribution < 1.29 is 31.1 Å². The third kappa shape index (κ3) is 3.90. The molecule has 0 bridgehead atoms. The minimum Gasteiger partial charge on any atom is -0.405 e. The van der Waals surface area contributed by atoms with Gasteiger partial charge >= 0.3 is 12.5 Å². The molecule has 0 radical (unpaired) electrons. The van der Waals surface area contributed by atoms with E-state index in [9.17, 15) is 26.3 Å². The Kier molecular flexibility index (Phi) is 3.85. The molecule has 2 aromatic carbocycles. The fourth-order valence-corrected chi connectivity index (χ4v) is 1.76. The number of halogens is 6. The molecular formula is C14H8F6O. The molecule has 1 nitrogen and oxygen atoms in total. The molecule has 0 saturated carbocycles. The fraction of sp³-hybridized carbons (Fsp3) is 0.143. The van der Waals surface area contributed by atoms with Crippen molar-refractivity contribution in [1.29, 1.82) is 0 Å². The van der Waals surface area contributed by atoms with Gasteiger partial charge < -0.3 is 4.74 Å². The Morgan fingerprint density at radius 2 is 1.29 bits per heavy atom. The first-order chi connectivity index (χ1) is 9.67. The maximum atomic E-state index is 12.5. The number of benzene rings is 2. The molecule has 0 spiro atoms. The molecule has 0 aromatic heterocycles. The third-order valence-corrected chi connectivity index (χ3v) is 2.64. The Bertz CT molecular complexity index is 613. The van der Waals surface area contributed by atoms with Gasteiger partial charge in [-0.05, 0) is 23.8 Å². The zero-order valence-electron chi connectivity index (χ0n) is 10.3. The maximum absolute atomic E-state index is 12.5. The first-order valence-electron chi connectivity index (χ1n) is 5.69. The lowest BCUT2D eigenvalue weighted by Gasteiger charge is -2.14. The van der Waals surface area contributed by atoms with Crippen molar-refractivity contribution in [3.63, 3.8) is 0 Å². The fourth-order valence-electron chi connectivity index (χ4n) is 1.76. The average Bonchev–Trinajstić information content (AvgIpc) is 2.37. The Morgan fingerprint density at radius 3 is 1.81 bits per heavy atom. The van der Waals surface area contributed by atoms with Crippen molar-refractivity contribution in [1.82, 2.24) is 0 Å². The summed E-state index contributed by atoms with van der Waals surface area (Å²) in [6.07, 6.45) is -9.37. The number of hydrogen-bond acceptors (Lipinski definition) is 1. The topological polar surface area (TPSA) is 9.23 Å². The van der Waals surface area contributed by atoms with Crippen LogP contribution in [0.3, 0.4) is 0 Å². The zero-order chi connectivity index (χ0) is 15.7. The molecule has 21 heavy (non-hydrogen) atoms. The summed E-state index contributed by atoms with van der Waals surface area (Å²) in [5, 5.41) is 0. The van der Waals surface area contributed by atoms with E-state index in [2.05, 4.69) is 4.74 Å². The predicted molar refractivity (Wildman–Crippen MR) is 63.6 cm³/mol. The van der Waals surface area contributed by atoms with Gasteiger partial charge in [0.1, 0.15) is 5.75 Å². The molecule has 0 N–H and O–H groups in total. The van der Waals surface area contributed by atoms with Crippen LogP contribution in [0.1, 0.15) is 5.56 Å². The van der Waals surface area contributed by atoms with E-state index in [4.69, 9.17) is 0 Å². The maximum Gasteiger partial charge on any atom is 0.573 e. The van der Waals surface area contributed by atoms with Crippen LogP contribution < -0.4 is 4.74 Å². The first-order valence-corrected chi connectivity index (χ1v) is 5.69. The monoisotopic (exact) mass is 306 g/mol. The average molecular weight is 306 g/mol. The Labute approximate surface area is 115 Å². The van der Waals surface area contributed by atoms with E-state index in [1.54, 1.807) is 0 Å². The molecule has 0 aliphatic heterocycles. The third-order valence-electron chi connectivity index (χ3n) is 2.64. The van der Waals surface area contributed by atoms with Crippen LogP contribution >= 0.6 is 0 Å². The molecule has 0 amide bonds. The second-order valence-electron chi connectivity index (χ2n) is 4.12. The highest BCUT2D eigenvalue weighted by molar-refractivity contribution is 5.70. The summed E-state index contributed by atoms with van der Waals surface area (Å²) in [5.41, 5.74) is -0.619. The van der Waals surface area contributed by atoms with Crippen LogP contribution in [0.2, 0.25) is 0 Å². The minimum absolute atomic E-state index is 0.0588. The normalized spacial score (nSPS) is 12.3. The molecule has 0 fully saturated rings. The summed E-state index contributed by atoms with van der Waals surface area (Å²) in [7, 11) is 0. The molecule has 0 saturated heterocycles. The van der Waals surface area contributed by atoms with E-state index in [0.717, 1.165) is 30.3 Å². The second kappa shape index (κ2) is 5.31. The molecule has 7 heteroatoms. The number of alkyl halides is 6. The Hall–Kier alpha value is -2.18. The van der Waals surface area contributed by atoms with E-state index in [0.29, 0.717) is 0 Å². The molecule has 0 aliphatic rings. The largest absolute Gasteiger partial charge is 0.573 e. The molecule has 0 unspecified atom stereocenters. The highest BCUT2D eigenvalue weighted by atomic mass is 19.4. The molecule has 112 valence electrons. The van der Waals surface area contributed by atoms with Gasteiger partial charge in [-0.15, -0.1) is 13.2 Å². The second-order valence-corrected chi connectivity index (χ2v) is 4.12. The number of hydrogen-bond donors (Lipinski definition) is 0. The van der Waals surface area contributed by atoms with Crippen molar-refractivity contribution in [3.05, 3.63) is 54.1 Å². The lowest BCUT2D eigenvalue weighted by Crippen LogP contribution is -2.17. The van der Waals surface area contributed by atoms with E-state index < -0.39 is 23.9 Å². The van der Waals surface area contributed by atoms with Gasteiger partial charge in [-0.25, -0.2) is 0 Å². The molecule has 2 aromatic rings. The van der Waals surface area contributed by atoms with Crippen molar-refractivity contribution >= 4 is 0 Å². The van der Waals surface area contributed by atoms with Crippen molar-refractivity contribution in [2.45, 2.75) is 12.5 Å². The Balaban J connectivity index is 2.38. The molecular weight excluding hydrogens is 298 g/mol.